The van der Waals surface area contributed by atoms with Crippen molar-refractivity contribution >= 4 is 11.6 Å². The van der Waals surface area contributed by atoms with Crippen molar-refractivity contribution in [2.24, 2.45) is 5.73 Å². The number of halogens is 1. The lowest BCUT2D eigenvalue weighted by Crippen LogP contribution is -2.14. The van der Waals surface area contributed by atoms with Gasteiger partial charge in [0.2, 0.25) is 0 Å². The fourth-order valence-corrected chi connectivity index (χ4v) is 3.13. The first-order valence-electron chi connectivity index (χ1n) is 7.53. The summed E-state index contributed by atoms with van der Waals surface area (Å²) in [6.45, 7) is 0. The zero-order chi connectivity index (χ0) is 15.2. The summed E-state index contributed by atoms with van der Waals surface area (Å²) in [5, 5.41) is 0.536. The highest BCUT2D eigenvalue weighted by molar-refractivity contribution is 6.32. The minimum Gasteiger partial charge on any atom is -0.493 e. The summed E-state index contributed by atoms with van der Waals surface area (Å²) in [5.41, 5.74) is 8.73. The fourth-order valence-electron chi connectivity index (χ4n) is 2.83. The van der Waals surface area contributed by atoms with E-state index in [1.54, 1.807) is 14.2 Å². The number of ether oxygens (including phenoxy) is 2. The van der Waals surface area contributed by atoms with E-state index in [-0.39, 0.29) is 6.04 Å². The highest BCUT2D eigenvalue weighted by atomic mass is 35.5. The third kappa shape index (κ3) is 3.92. The summed E-state index contributed by atoms with van der Waals surface area (Å²) < 4.78 is 10.6. The van der Waals surface area contributed by atoms with Crippen LogP contribution >= 0.6 is 11.6 Å². The molecule has 0 aliphatic heterocycles. The Balaban J connectivity index is 2.29. The van der Waals surface area contributed by atoms with Crippen molar-refractivity contribution in [1.82, 2.24) is 0 Å². The van der Waals surface area contributed by atoms with Crippen LogP contribution in [0.3, 0.4) is 0 Å². The summed E-state index contributed by atoms with van der Waals surface area (Å²) in [5.74, 6) is 1.18. The van der Waals surface area contributed by atoms with Crippen LogP contribution in [0.4, 0.5) is 0 Å². The molecule has 0 spiro atoms. The van der Waals surface area contributed by atoms with E-state index < -0.39 is 0 Å². The Morgan fingerprint density at radius 2 is 1.86 bits per heavy atom. The quantitative estimate of drug-likeness (QED) is 0.824. The van der Waals surface area contributed by atoms with Crippen LogP contribution < -0.4 is 15.2 Å². The van der Waals surface area contributed by atoms with E-state index in [2.05, 4.69) is 6.08 Å². The van der Waals surface area contributed by atoms with Crippen LogP contribution in [0.15, 0.2) is 23.8 Å². The Labute approximate surface area is 132 Å². The Hall–Kier alpha value is -1.19. The van der Waals surface area contributed by atoms with Gasteiger partial charge in [0.15, 0.2) is 11.5 Å². The van der Waals surface area contributed by atoms with Gasteiger partial charge < -0.3 is 15.2 Å². The second-order valence-corrected chi connectivity index (χ2v) is 5.86. The number of allylic oxidation sites excluding steroid dienone is 1. The van der Waals surface area contributed by atoms with E-state index in [4.69, 9.17) is 26.8 Å². The molecule has 4 heteroatoms. The Morgan fingerprint density at radius 3 is 2.57 bits per heavy atom. The van der Waals surface area contributed by atoms with Gasteiger partial charge in [-0.1, -0.05) is 36.1 Å². The van der Waals surface area contributed by atoms with Crippen molar-refractivity contribution in [3.63, 3.8) is 0 Å². The van der Waals surface area contributed by atoms with Gasteiger partial charge in [0, 0.05) is 0 Å². The molecule has 1 unspecified atom stereocenters. The first-order valence-corrected chi connectivity index (χ1v) is 7.91. The number of hydrogen-bond acceptors (Lipinski definition) is 3. The zero-order valence-corrected chi connectivity index (χ0v) is 13.6. The molecule has 0 heterocycles. The summed E-state index contributed by atoms with van der Waals surface area (Å²) in [6, 6.07) is 3.68. The van der Waals surface area contributed by atoms with Crippen molar-refractivity contribution in [2.45, 2.75) is 44.6 Å². The molecular formula is C17H24ClNO2. The van der Waals surface area contributed by atoms with Gasteiger partial charge >= 0.3 is 0 Å². The summed E-state index contributed by atoms with van der Waals surface area (Å²) in [6.07, 6.45) is 9.55. The van der Waals surface area contributed by atoms with E-state index in [1.807, 2.05) is 12.1 Å². The molecule has 0 aromatic heterocycles. The summed E-state index contributed by atoms with van der Waals surface area (Å²) in [7, 11) is 3.19. The molecule has 0 saturated carbocycles. The maximum atomic E-state index is 6.45. The maximum absolute atomic E-state index is 6.45. The molecule has 0 amide bonds. The molecule has 1 aliphatic rings. The molecule has 21 heavy (non-hydrogen) atoms. The van der Waals surface area contributed by atoms with Crippen molar-refractivity contribution in [3.8, 4) is 11.5 Å². The molecule has 0 saturated heterocycles. The molecule has 2 rings (SSSR count). The van der Waals surface area contributed by atoms with Crippen LogP contribution in [0.5, 0.6) is 11.5 Å². The molecule has 0 fully saturated rings. The highest BCUT2D eigenvalue weighted by Crippen LogP contribution is 2.39. The molecule has 1 atom stereocenters. The van der Waals surface area contributed by atoms with Crippen LogP contribution in [-0.2, 0) is 0 Å². The third-order valence-corrected chi connectivity index (χ3v) is 4.32. The van der Waals surface area contributed by atoms with Crippen molar-refractivity contribution in [2.75, 3.05) is 14.2 Å². The molecule has 116 valence electrons. The second-order valence-electron chi connectivity index (χ2n) is 5.45. The average molecular weight is 310 g/mol. The van der Waals surface area contributed by atoms with Gasteiger partial charge in [0.1, 0.15) is 0 Å². The predicted molar refractivity (Wildman–Crippen MR) is 87.3 cm³/mol. The van der Waals surface area contributed by atoms with Gasteiger partial charge in [0.05, 0.1) is 25.3 Å². The molecule has 2 N–H and O–H groups in total. The van der Waals surface area contributed by atoms with E-state index in [1.165, 1.54) is 31.3 Å². The van der Waals surface area contributed by atoms with Crippen molar-refractivity contribution in [3.05, 3.63) is 34.4 Å². The van der Waals surface area contributed by atoms with Gasteiger partial charge in [-0.05, 0) is 43.4 Å². The van der Waals surface area contributed by atoms with E-state index >= 15 is 0 Å². The topological polar surface area (TPSA) is 44.5 Å². The normalized spacial score (nSPS) is 19.9. The van der Waals surface area contributed by atoms with Crippen LogP contribution in [0.1, 0.15) is 50.1 Å². The minimum absolute atomic E-state index is 0.125. The highest BCUT2D eigenvalue weighted by Gasteiger charge is 2.18. The van der Waals surface area contributed by atoms with Crippen LogP contribution in [0.25, 0.3) is 0 Å². The molecule has 3 nitrogen and oxygen atoms in total. The van der Waals surface area contributed by atoms with E-state index in [0.717, 1.165) is 18.4 Å². The zero-order valence-electron chi connectivity index (χ0n) is 12.8. The van der Waals surface area contributed by atoms with E-state index in [9.17, 15) is 0 Å². The fraction of sp³-hybridized carbons (Fsp3) is 0.529. The second kappa shape index (κ2) is 7.71. The molecule has 1 aromatic rings. The van der Waals surface area contributed by atoms with E-state index in [0.29, 0.717) is 16.5 Å². The molecule has 1 aliphatic carbocycles. The van der Waals surface area contributed by atoms with Crippen LogP contribution in [0.2, 0.25) is 5.02 Å². The monoisotopic (exact) mass is 309 g/mol. The van der Waals surface area contributed by atoms with Gasteiger partial charge in [0.25, 0.3) is 0 Å². The summed E-state index contributed by atoms with van der Waals surface area (Å²) in [4.78, 5) is 0. The first kappa shape index (κ1) is 16.2. The SMILES string of the molecule is COc1cc(C(N)/C2=C/CCCCCC2)cc(Cl)c1OC. The van der Waals surface area contributed by atoms with Gasteiger partial charge in [-0.3, -0.25) is 0 Å². The molecule has 0 radical (unpaired) electrons. The number of hydrogen-bond donors (Lipinski definition) is 1. The Morgan fingerprint density at radius 1 is 1.10 bits per heavy atom. The standard InChI is InChI=1S/C17H24ClNO2/c1-20-15-11-13(10-14(18)17(15)21-2)16(19)12-8-6-4-3-5-7-9-12/h8,10-11,16H,3-7,9,19H2,1-2H3/b12-8+. The molecule has 0 bridgehead atoms. The Bertz CT molecular complexity index is 514. The van der Waals surface area contributed by atoms with Crippen LogP contribution in [-0.4, -0.2) is 14.2 Å². The molecular weight excluding hydrogens is 286 g/mol. The Kier molecular flexibility index (Phi) is 5.95. The first-order chi connectivity index (χ1) is 10.2. The minimum atomic E-state index is -0.125. The molecule has 1 aromatic carbocycles. The van der Waals surface area contributed by atoms with Crippen molar-refractivity contribution < 1.29 is 9.47 Å². The summed E-state index contributed by atoms with van der Waals surface area (Å²) >= 11 is 6.27. The van der Waals surface area contributed by atoms with Crippen molar-refractivity contribution in [1.29, 1.82) is 0 Å². The predicted octanol–water partition coefficient (Wildman–Crippen LogP) is 4.64. The number of methoxy groups -OCH3 is 2. The lowest BCUT2D eigenvalue weighted by molar-refractivity contribution is 0.354. The number of nitrogens with two attached hydrogens (primary N) is 1. The van der Waals surface area contributed by atoms with Crippen LogP contribution in [0, 0.1) is 0 Å². The number of rotatable bonds is 4. The third-order valence-electron chi connectivity index (χ3n) is 4.04. The smallest absolute Gasteiger partial charge is 0.179 e. The lowest BCUT2D eigenvalue weighted by Gasteiger charge is -2.20. The maximum Gasteiger partial charge on any atom is 0.179 e. The van der Waals surface area contributed by atoms with Gasteiger partial charge in [-0.2, -0.15) is 0 Å². The van der Waals surface area contributed by atoms with Gasteiger partial charge in [-0.25, -0.2) is 0 Å². The lowest BCUT2D eigenvalue weighted by atomic mass is 9.91. The largest absolute Gasteiger partial charge is 0.493 e. The van der Waals surface area contributed by atoms with Gasteiger partial charge in [-0.15, -0.1) is 0 Å². The average Bonchev–Trinajstić information content (AvgIpc) is 2.45. The number of benzene rings is 1.